The number of amides is 1. The Hall–Kier alpha value is -3.33. The molecule has 0 spiro atoms. The van der Waals surface area contributed by atoms with Gasteiger partial charge < -0.3 is 39.2 Å². The number of rotatable bonds is 5. The van der Waals surface area contributed by atoms with Crippen LogP contribution in [-0.4, -0.2) is 119 Å². The monoisotopic (exact) mass is 884 g/mol. The number of nitrogens with zero attached hydrogens (tertiary/aromatic N) is 1. The van der Waals surface area contributed by atoms with Gasteiger partial charge in [-0.05, 0) is 107 Å². The van der Waals surface area contributed by atoms with Gasteiger partial charge in [-0.15, -0.1) is 0 Å². The van der Waals surface area contributed by atoms with Crippen LogP contribution in [0.4, 0.5) is 0 Å². The molecule has 13 nitrogen and oxygen atoms in total. The third-order valence-corrected chi connectivity index (χ3v) is 14.2. The van der Waals surface area contributed by atoms with Gasteiger partial charge in [0.2, 0.25) is 5.79 Å². The van der Waals surface area contributed by atoms with E-state index in [9.17, 15) is 39.3 Å². The van der Waals surface area contributed by atoms with E-state index in [0.717, 1.165) is 12.0 Å². The summed E-state index contributed by atoms with van der Waals surface area (Å²) in [6, 6.07) is -1.12. The van der Waals surface area contributed by atoms with Crippen LogP contribution < -0.4 is 0 Å². The molecule has 3 fully saturated rings. The first-order chi connectivity index (χ1) is 29.8. The SMILES string of the molecule is COC1CC2CCC(C)C(O)(O2)C(=O)C(=O)N2CCCCC2C(=O)OC(C(C)CC2CCC(O)C(OC)C2)CC(=O)C(C)/C=C(\C)C(O)CC(=O)C(C)CC(C)/C=C/C=C/C=C/1C. The molecule has 14 atom stereocenters. The highest BCUT2D eigenvalue weighted by Gasteiger charge is 2.53. The predicted molar refractivity (Wildman–Crippen MR) is 239 cm³/mol. The van der Waals surface area contributed by atoms with Crippen molar-refractivity contribution in [2.45, 2.75) is 180 Å². The van der Waals surface area contributed by atoms with Gasteiger partial charge in [0.05, 0.1) is 30.5 Å². The fourth-order valence-corrected chi connectivity index (χ4v) is 9.78. The number of fused-ring (bicyclic) bond motifs is 3. The molecule has 3 heterocycles. The molecule has 3 N–H and O–H groups in total. The number of aliphatic hydroxyl groups is 3. The van der Waals surface area contributed by atoms with Gasteiger partial charge in [-0.2, -0.15) is 0 Å². The van der Waals surface area contributed by atoms with Gasteiger partial charge in [0.15, 0.2) is 0 Å². The Morgan fingerprint density at radius 2 is 1.57 bits per heavy atom. The largest absolute Gasteiger partial charge is 0.460 e. The lowest BCUT2D eigenvalue weighted by molar-refractivity contribution is -0.265. The minimum atomic E-state index is -2.42. The molecular weight excluding hydrogens is 807 g/mol. The summed E-state index contributed by atoms with van der Waals surface area (Å²) in [6.45, 7) is 12.9. The number of esters is 1. The Labute approximate surface area is 375 Å². The van der Waals surface area contributed by atoms with Crippen molar-refractivity contribution < 1.29 is 58.2 Å². The molecule has 13 heteroatoms. The maximum Gasteiger partial charge on any atom is 0.329 e. The van der Waals surface area contributed by atoms with Crippen molar-refractivity contribution >= 4 is 29.2 Å². The van der Waals surface area contributed by atoms with Gasteiger partial charge >= 0.3 is 5.97 Å². The van der Waals surface area contributed by atoms with Crippen LogP contribution in [-0.2, 0) is 42.9 Å². The minimum Gasteiger partial charge on any atom is -0.460 e. The van der Waals surface area contributed by atoms with E-state index in [0.29, 0.717) is 63.4 Å². The number of cyclic esters (lactones) is 1. The number of aliphatic hydroxyl groups excluding tert-OH is 2. The molecule has 1 aliphatic carbocycles. The van der Waals surface area contributed by atoms with Gasteiger partial charge in [-0.1, -0.05) is 71.1 Å². The molecule has 1 saturated carbocycles. The summed E-state index contributed by atoms with van der Waals surface area (Å²) in [5, 5.41) is 33.5. The molecule has 14 unspecified atom stereocenters. The average molecular weight is 884 g/mol. The Morgan fingerprint density at radius 1 is 0.841 bits per heavy atom. The number of ketones is 3. The average Bonchev–Trinajstić information content (AvgIpc) is 3.25. The highest BCUT2D eigenvalue weighted by atomic mass is 16.6. The van der Waals surface area contributed by atoms with Crippen molar-refractivity contribution in [3.63, 3.8) is 0 Å². The minimum absolute atomic E-state index is 0.0725. The molecule has 0 radical (unpaired) electrons. The first kappa shape index (κ1) is 52.3. The van der Waals surface area contributed by atoms with Gasteiger partial charge in [0.25, 0.3) is 11.7 Å². The normalized spacial score (nSPS) is 40.1. The van der Waals surface area contributed by atoms with Crippen LogP contribution in [0.15, 0.2) is 47.6 Å². The predicted octanol–water partition coefficient (Wildman–Crippen LogP) is 6.56. The summed E-state index contributed by atoms with van der Waals surface area (Å²) < 4.78 is 23.8. The molecule has 4 rings (SSSR count). The van der Waals surface area contributed by atoms with E-state index in [4.69, 9.17) is 18.9 Å². The van der Waals surface area contributed by atoms with Crippen molar-refractivity contribution in [2.75, 3.05) is 20.8 Å². The number of hydrogen-bond acceptors (Lipinski definition) is 12. The summed E-state index contributed by atoms with van der Waals surface area (Å²) in [6.07, 6.45) is 13.0. The van der Waals surface area contributed by atoms with E-state index < -0.39 is 71.8 Å². The van der Waals surface area contributed by atoms with Crippen molar-refractivity contribution in [1.82, 2.24) is 4.90 Å². The summed E-state index contributed by atoms with van der Waals surface area (Å²) in [5.41, 5.74) is 1.39. The van der Waals surface area contributed by atoms with E-state index in [-0.39, 0.29) is 67.1 Å². The second-order valence-corrected chi connectivity index (χ2v) is 19.3. The van der Waals surface area contributed by atoms with Crippen LogP contribution in [0, 0.1) is 35.5 Å². The highest BCUT2D eigenvalue weighted by molar-refractivity contribution is 6.39. The Morgan fingerprint density at radius 3 is 2.27 bits per heavy atom. The first-order valence-corrected chi connectivity index (χ1v) is 23.4. The number of piperidine rings is 1. The van der Waals surface area contributed by atoms with Gasteiger partial charge in [0.1, 0.15) is 23.7 Å². The van der Waals surface area contributed by atoms with Crippen LogP contribution in [0.3, 0.4) is 0 Å². The van der Waals surface area contributed by atoms with Crippen molar-refractivity contribution in [1.29, 1.82) is 0 Å². The van der Waals surface area contributed by atoms with Crippen LogP contribution in [0.1, 0.15) is 132 Å². The van der Waals surface area contributed by atoms with Crippen LogP contribution in [0.5, 0.6) is 0 Å². The third-order valence-electron chi connectivity index (χ3n) is 14.2. The lowest BCUT2D eigenvalue weighted by Crippen LogP contribution is -2.61. The summed E-state index contributed by atoms with van der Waals surface area (Å²) in [4.78, 5) is 71.1. The summed E-state index contributed by atoms with van der Waals surface area (Å²) >= 11 is 0. The third kappa shape index (κ3) is 14.3. The van der Waals surface area contributed by atoms with Crippen LogP contribution in [0.25, 0.3) is 0 Å². The maximum absolute atomic E-state index is 14.3. The van der Waals surface area contributed by atoms with Crippen molar-refractivity contribution in [3.8, 4) is 0 Å². The van der Waals surface area contributed by atoms with E-state index in [1.54, 1.807) is 41.1 Å². The maximum atomic E-state index is 14.3. The quantitative estimate of drug-likeness (QED) is 0.154. The second kappa shape index (κ2) is 24.3. The lowest BCUT2D eigenvalue weighted by atomic mass is 9.78. The Kier molecular flexibility index (Phi) is 20.1. The van der Waals surface area contributed by atoms with Crippen LogP contribution in [0.2, 0.25) is 0 Å². The van der Waals surface area contributed by atoms with Gasteiger partial charge in [0, 0.05) is 57.8 Å². The second-order valence-electron chi connectivity index (χ2n) is 19.3. The number of methoxy groups -OCH3 is 2. The zero-order valence-corrected chi connectivity index (χ0v) is 39.3. The number of carbonyl (C=O) groups excluding carboxylic acids is 5. The van der Waals surface area contributed by atoms with E-state index >= 15 is 0 Å². The summed E-state index contributed by atoms with van der Waals surface area (Å²) in [7, 11) is 3.15. The fourth-order valence-electron chi connectivity index (χ4n) is 9.78. The Bertz CT molecular complexity index is 1700. The molecule has 354 valence electrons. The van der Waals surface area contributed by atoms with Gasteiger partial charge in [-0.3, -0.25) is 19.2 Å². The van der Waals surface area contributed by atoms with E-state index in [1.165, 1.54) is 4.90 Å². The molecule has 0 aromatic heterocycles. The molecule has 4 aliphatic rings. The fraction of sp³-hybridized carbons (Fsp3) is 0.740. The van der Waals surface area contributed by atoms with Gasteiger partial charge in [-0.25, -0.2) is 4.79 Å². The standard InChI is InChI=1S/C50H77NO12/c1-30-15-11-10-12-16-31(2)44(60-8)27-38-20-18-36(7)50(59,63-38)47(56)48(57)51-22-14-13-17-39(51)49(58)62-45(35(6)25-37-19-21-40(52)46(26-37)61-9)29-43(55)34(5)24-33(4)42(54)28-41(53)32(3)23-30/h10-12,15-16,24,30,32,34-40,42,44-46,52,54,59H,13-14,17-23,25-29H2,1-9H3/b12-10+,15-11+,31-16+,33-24+. The van der Waals surface area contributed by atoms with E-state index in [2.05, 4.69) is 0 Å². The van der Waals surface area contributed by atoms with E-state index in [1.807, 2.05) is 58.1 Å². The van der Waals surface area contributed by atoms with Crippen molar-refractivity contribution in [3.05, 3.63) is 47.6 Å². The molecule has 63 heavy (non-hydrogen) atoms. The zero-order chi connectivity index (χ0) is 46.6. The Balaban J connectivity index is 1.67. The molecule has 1 amide bonds. The number of Topliss-reactive ketones (excluding diaryl/α,β-unsaturated/α-hetero) is 3. The molecular formula is C50H77NO12. The number of ether oxygens (including phenoxy) is 4. The number of carbonyl (C=O) groups is 5. The zero-order valence-electron chi connectivity index (χ0n) is 39.3. The molecule has 2 saturated heterocycles. The topological polar surface area (TPSA) is 186 Å². The van der Waals surface area contributed by atoms with Crippen molar-refractivity contribution in [2.24, 2.45) is 35.5 Å². The molecule has 0 aromatic carbocycles. The number of hydrogen-bond donors (Lipinski definition) is 3. The molecule has 0 aromatic rings. The highest BCUT2D eigenvalue weighted by Crippen LogP contribution is 2.37. The molecule has 2 bridgehead atoms. The lowest BCUT2D eigenvalue weighted by Gasteiger charge is -2.42. The molecule has 3 aliphatic heterocycles. The smallest absolute Gasteiger partial charge is 0.329 e. The van der Waals surface area contributed by atoms with Crippen LogP contribution >= 0.6 is 0 Å². The first-order valence-electron chi connectivity index (χ1n) is 23.4. The summed E-state index contributed by atoms with van der Waals surface area (Å²) in [5.74, 6) is -7.36. The number of allylic oxidation sites excluding steroid dienone is 6.